The van der Waals surface area contributed by atoms with Crippen LogP contribution in [0.3, 0.4) is 0 Å². The third-order valence-electron chi connectivity index (χ3n) is 0.892. The number of carbonyl (C=O) groups is 1. The molecule has 60 valence electrons. The number of carboxylic acids is 1. The molecule has 10 heavy (non-hydrogen) atoms. The number of carboxylic acid groups (broad SMARTS) is 1. The average molecular weight is 210 g/mol. The second kappa shape index (κ2) is 7.02. The maximum atomic E-state index is 9.79. The maximum Gasteiger partial charge on any atom is 0.0861 e. The molecule has 0 amide bonds. The summed E-state index contributed by atoms with van der Waals surface area (Å²) in [5, 5.41) is 10.7. The van der Waals surface area contributed by atoms with Crippen LogP contribution in [-0.4, -0.2) is 24.5 Å². The van der Waals surface area contributed by atoms with E-state index < -0.39 is 5.97 Å². The Kier molecular flexibility index (Phi) is 6.96. The first-order chi connectivity index (χ1) is 4.77. The summed E-state index contributed by atoms with van der Waals surface area (Å²) in [7, 11) is 0. The van der Waals surface area contributed by atoms with E-state index in [9.17, 15) is 9.90 Å². The normalized spacial score (nSPS) is 9.70. The summed E-state index contributed by atoms with van der Waals surface area (Å²) < 4.78 is 4.71. The van der Waals surface area contributed by atoms with Crippen LogP contribution in [0.15, 0.2) is 0 Å². The number of ether oxygens (including phenoxy) is 1. The average Bonchev–Trinajstić information content (AvgIpc) is 1.87. The predicted molar refractivity (Wildman–Crippen MR) is 38.9 cm³/mol. The van der Waals surface area contributed by atoms with E-state index in [4.69, 9.17) is 4.74 Å². The highest BCUT2D eigenvalue weighted by molar-refractivity contribution is 9.09. The lowest BCUT2D eigenvalue weighted by Gasteiger charge is -2.02. The Bertz CT molecular complexity index is 95.0. The van der Waals surface area contributed by atoms with Gasteiger partial charge in [0.15, 0.2) is 0 Å². The standard InChI is InChI=1S/C6H11BrO3/c7-3-1-2-4-10-5-6(8)9/h1-5H2,(H,8,9)/p-1. The fraction of sp³-hybridized carbons (Fsp3) is 0.833. The zero-order valence-electron chi connectivity index (χ0n) is 5.64. The van der Waals surface area contributed by atoms with Crippen molar-refractivity contribution < 1.29 is 14.6 Å². The summed E-state index contributed by atoms with van der Waals surface area (Å²) in [6.45, 7) is 0.210. The molecule has 3 nitrogen and oxygen atoms in total. The van der Waals surface area contributed by atoms with E-state index in [1.165, 1.54) is 0 Å². The second-order valence-corrected chi connectivity index (χ2v) is 2.61. The summed E-state index contributed by atoms with van der Waals surface area (Å²) in [5.74, 6) is -1.15. The van der Waals surface area contributed by atoms with Gasteiger partial charge in [-0.1, -0.05) is 15.9 Å². The van der Waals surface area contributed by atoms with Crippen LogP contribution in [-0.2, 0) is 9.53 Å². The fourth-order valence-electron chi connectivity index (χ4n) is 0.454. The van der Waals surface area contributed by atoms with Crippen molar-refractivity contribution in [1.29, 1.82) is 0 Å². The Morgan fingerprint density at radius 2 is 2.20 bits per heavy atom. The molecule has 0 aliphatic carbocycles. The minimum absolute atomic E-state index is 0.289. The van der Waals surface area contributed by atoms with Crippen LogP contribution in [0, 0.1) is 0 Å². The van der Waals surface area contributed by atoms with Crippen molar-refractivity contribution in [1.82, 2.24) is 0 Å². The summed E-state index contributed by atoms with van der Waals surface area (Å²) in [4.78, 5) is 9.79. The Balaban J connectivity index is 2.84. The molecule has 0 saturated heterocycles. The number of hydrogen-bond acceptors (Lipinski definition) is 3. The van der Waals surface area contributed by atoms with Gasteiger partial charge in [-0.25, -0.2) is 0 Å². The number of carbonyl (C=O) groups excluding carboxylic acids is 1. The Morgan fingerprint density at radius 1 is 1.50 bits per heavy atom. The number of unbranched alkanes of at least 4 members (excludes halogenated alkanes) is 1. The van der Waals surface area contributed by atoms with Crippen LogP contribution in [0.2, 0.25) is 0 Å². The predicted octanol–water partition coefficient (Wildman–Crippen LogP) is -0.0720. The zero-order chi connectivity index (χ0) is 7.82. The highest BCUT2D eigenvalue weighted by atomic mass is 79.9. The van der Waals surface area contributed by atoms with Gasteiger partial charge >= 0.3 is 0 Å². The van der Waals surface area contributed by atoms with E-state index in [0.717, 1.165) is 18.2 Å². The smallest absolute Gasteiger partial charge is 0.0861 e. The third kappa shape index (κ3) is 7.91. The molecule has 0 aromatic rings. The Labute approximate surface area is 68.5 Å². The minimum atomic E-state index is -1.15. The first-order valence-electron chi connectivity index (χ1n) is 3.11. The molecule has 0 bridgehead atoms. The van der Waals surface area contributed by atoms with Crippen LogP contribution < -0.4 is 5.11 Å². The lowest BCUT2D eigenvalue weighted by Crippen LogP contribution is -2.27. The Morgan fingerprint density at radius 3 is 2.70 bits per heavy atom. The maximum absolute atomic E-state index is 9.79. The Hall–Kier alpha value is -0.0900. The molecule has 0 aromatic heterocycles. The van der Waals surface area contributed by atoms with Gasteiger partial charge < -0.3 is 14.6 Å². The molecule has 0 N–H and O–H groups in total. The number of aliphatic carboxylic acids is 1. The van der Waals surface area contributed by atoms with Crippen molar-refractivity contribution in [3.8, 4) is 0 Å². The van der Waals surface area contributed by atoms with Gasteiger partial charge in [0.1, 0.15) is 0 Å². The molecule has 0 radical (unpaired) electrons. The summed E-state index contributed by atoms with van der Waals surface area (Å²) in [6, 6.07) is 0. The van der Waals surface area contributed by atoms with Crippen molar-refractivity contribution in [2.45, 2.75) is 12.8 Å². The molecule has 0 rings (SSSR count). The van der Waals surface area contributed by atoms with Crippen molar-refractivity contribution in [3.63, 3.8) is 0 Å². The molecule has 0 spiro atoms. The second-order valence-electron chi connectivity index (χ2n) is 1.82. The molecule has 0 heterocycles. The van der Waals surface area contributed by atoms with E-state index in [2.05, 4.69) is 15.9 Å². The highest BCUT2D eigenvalue weighted by Crippen LogP contribution is 1.93. The number of alkyl halides is 1. The molecule has 0 saturated carbocycles. The van der Waals surface area contributed by atoms with E-state index >= 15 is 0 Å². The van der Waals surface area contributed by atoms with Gasteiger partial charge in [0.2, 0.25) is 0 Å². The van der Waals surface area contributed by atoms with E-state index in [1.807, 2.05) is 0 Å². The lowest BCUT2D eigenvalue weighted by molar-refractivity contribution is -0.309. The molecule has 0 unspecified atom stereocenters. The number of halogens is 1. The van der Waals surface area contributed by atoms with E-state index in [-0.39, 0.29) is 6.61 Å². The molecule has 0 aromatic carbocycles. The van der Waals surface area contributed by atoms with Gasteiger partial charge in [-0.3, -0.25) is 0 Å². The van der Waals surface area contributed by atoms with Crippen molar-refractivity contribution >= 4 is 21.9 Å². The van der Waals surface area contributed by atoms with Crippen LogP contribution in [0.1, 0.15) is 12.8 Å². The molecule has 0 fully saturated rings. The summed E-state index contributed by atoms with van der Waals surface area (Å²) in [5.41, 5.74) is 0. The van der Waals surface area contributed by atoms with Crippen molar-refractivity contribution in [2.24, 2.45) is 0 Å². The van der Waals surface area contributed by atoms with Crippen LogP contribution >= 0.6 is 15.9 Å². The molecule has 0 atom stereocenters. The monoisotopic (exact) mass is 209 g/mol. The number of rotatable bonds is 6. The summed E-state index contributed by atoms with van der Waals surface area (Å²) in [6.07, 6.45) is 1.89. The van der Waals surface area contributed by atoms with Gasteiger partial charge in [0, 0.05) is 11.9 Å². The molecule has 0 aliphatic rings. The van der Waals surface area contributed by atoms with Crippen molar-refractivity contribution in [3.05, 3.63) is 0 Å². The molecule has 4 heteroatoms. The van der Waals surface area contributed by atoms with Gasteiger partial charge in [0.05, 0.1) is 12.6 Å². The van der Waals surface area contributed by atoms with Crippen molar-refractivity contribution in [2.75, 3.05) is 18.5 Å². The first-order valence-corrected chi connectivity index (χ1v) is 4.23. The van der Waals surface area contributed by atoms with Crippen LogP contribution in [0.25, 0.3) is 0 Å². The van der Waals surface area contributed by atoms with E-state index in [0.29, 0.717) is 6.61 Å². The fourth-order valence-corrected chi connectivity index (χ4v) is 0.851. The quantitative estimate of drug-likeness (QED) is 0.455. The van der Waals surface area contributed by atoms with Gasteiger partial charge in [-0.2, -0.15) is 0 Å². The molecule has 0 aliphatic heterocycles. The summed E-state index contributed by atoms with van der Waals surface area (Å²) >= 11 is 3.25. The van der Waals surface area contributed by atoms with Crippen LogP contribution in [0.4, 0.5) is 0 Å². The lowest BCUT2D eigenvalue weighted by atomic mass is 10.4. The minimum Gasteiger partial charge on any atom is -0.548 e. The van der Waals surface area contributed by atoms with E-state index in [1.54, 1.807) is 0 Å². The first kappa shape index (κ1) is 9.91. The topological polar surface area (TPSA) is 49.4 Å². The van der Waals surface area contributed by atoms with Gasteiger partial charge in [0.25, 0.3) is 0 Å². The molecular formula is C6H10BrO3-. The SMILES string of the molecule is O=C([O-])COCCCCBr. The number of hydrogen-bond donors (Lipinski definition) is 0. The van der Waals surface area contributed by atoms with Gasteiger partial charge in [-0.15, -0.1) is 0 Å². The van der Waals surface area contributed by atoms with Crippen LogP contribution in [0.5, 0.6) is 0 Å². The largest absolute Gasteiger partial charge is 0.548 e. The molecular weight excluding hydrogens is 200 g/mol. The van der Waals surface area contributed by atoms with Gasteiger partial charge in [-0.05, 0) is 12.8 Å². The highest BCUT2D eigenvalue weighted by Gasteiger charge is 1.87. The zero-order valence-corrected chi connectivity index (χ0v) is 7.22. The third-order valence-corrected chi connectivity index (χ3v) is 1.45.